The quantitative estimate of drug-likeness (QED) is 0.491. The highest BCUT2D eigenvalue weighted by Gasteiger charge is 2.01. The van der Waals surface area contributed by atoms with Crippen LogP contribution in [0.2, 0.25) is 0 Å². The van der Waals surface area contributed by atoms with E-state index in [1.54, 1.807) is 0 Å². The van der Waals surface area contributed by atoms with Gasteiger partial charge in [0.2, 0.25) is 0 Å². The van der Waals surface area contributed by atoms with E-state index in [0.29, 0.717) is 18.7 Å². The Bertz CT molecular complexity index is 137. The zero-order chi connectivity index (χ0) is 10.1. The fraction of sp³-hybridized carbons (Fsp3) is 1.00. The molecule has 0 rings (SSSR count). The number of rotatable bonds is 8. The monoisotopic (exact) mass is 208 g/mol. The molecule has 1 N–H and O–H groups in total. The van der Waals surface area contributed by atoms with E-state index in [1.807, 2.05) is 13.8 Å². The molecule has 0 spiro atoms. The lowest BCUT2D eigenvalue weighted by Crippen LogP contribution is -1.97. The highest BCUT2D eigenvalue weighted by atomic mass is 31.1. The summed E-state index contributed by atoms with van der Waals surface area (Å²) in [6, 6.07) is 0. The molecule has 13 heavy (non-hydrogen) atoms. The minimum Gasteiger partial charge on any atom is -0.396 e. The molecule has 4 heteroatoms. The first kappa shape index (κ1) is 13.2. The van der Waals surface area contributed by atoms with Gasteiger partial charge in [-0.3, -0.25) is 4.57 Å². The Morgan fingerprint density at radius 1 is 1.31 bits per heavy atom. The van der Waals surface area contributed by atoms with Crippen LogP contribution < -0.4 is 0 Å². The van der Waals surface area contributed by atoms with Gasteiger partial charge in [0.15, 0.2) is 8.03 Å². The van der Waals surface area contributed by atoms with Crippen LogP contribution in [0.15, 0.2) is 0 Å². The largest absolute Gasteiger partial charge is 0.396 e. The zero-order valence-corrected chi connectivity index (χ0v) is 9.58. The lowest BCUT2D eigenvalue weighted by atomic mass is 10.2. The first-order valence-corrected chi connectivity index (χ1v) is 6.45. The normalized spacial score (nSPS) is 13.5. The molecule has 80 valence electrons. The van der Waals surface area contributed by atoms with Crippen molar-refractivity contribution in [3.8, 4) is 0 Å². The Morgan fingerprint density at radius 3 is 2.54 bits per heavy atom. The lowest BCUT2D eigenvalue weighted by Gasteiger charge is -2.06. The summed E-state index contributed by atoms with van der Waals surface area (Å²) in [6.07, 6.45) is 3.31. The second-order valence-corrected chi connectivity index (χ2v) is 5.14. The topological polar surface area (TPSA) is 46.5 Å². The third kappa shape index (κ3) is 10.1. The first-order valence-electron chi connectivity index (χ1n) is 4.93. The van der Waals surface area contributed by atoms with Crippen molar-refractivity contribution in [2.75, 3.05) is 19.4 Å². The number of aliphatic hydroxyl groups is 1. The average Bonchev–Trinajstić information content (AvgIpc) is 2.09. The van der Waals surface area contributed by atoms with Gasteiger partial charge in [-0.25, -0.2) is 0 Å². The van der Waals surface area contributed by atoms with Gasteiger partial charge < -0.3 is 9.63 Å². The van der Waals surface area contributed by atoms with Crippen LogP contribution in [0.5, 0.6) is 0 Å². The van der Waals surface area contributed by atoms with Gasteiger partial charge in [0.05, 0.1) is 6.61 Å². The summed E-state index contributed by atoms with van der Waals surface area (Å²) in [6.45, 7) is 4.91. The SMILES string of the molecule is CC(C)CO[PH](=O)CCCCCO. The molecule has 3 nitrogen and oxygen atoms in total. The lowest BCUT2D eigenvalue weighted by molar-refractivity contribution is 0.277. The second kappa shape index (κ2) is 8.74. The van der Waals surface area contributed by atoms with E-state index in [0.717, 1.165) is 19.3 Å². The molecule has 0 saturated carbocycles. The van der Waals surface area contributed by atoms with Crippen LogP contribution in [0.4, 0.5) is 0 Å². The summed E-state index contributed by atoms with van der Waals surface area (Å²) in [5.74, 6) is 0.450. The van der Waals surface area contributed by atoms with Gasteiger partial charge in [-0.2, -0.15) is 0 Å². The fourth-order valence-corrected chi connectivity index (χ4v) is 2.09. The van der Waals surface area contributed by atoms with Gasteiger partial charge >= 0.3 is 0 Å². The maximum absolute atomic E-state index is 11.2. The van der Waals surface area contributed by atoms with Crippen LogP contribution in [0.25, 0.3) is 0 Å². The summed E-state index contributed by atoms with van der Waals surface area (Å²) in [5, 5.41) is 8.51. The molecule has 0 heterocycles. The summed E-state index contributed by atoms with van der Waals surface area (Å²) < 4.78 is 16.4. The van der Waals surface area contributed by atoms with Crippen molar-refractivity contribution in [2.45, 2.75) is 33.1 Å². The molecule has 0 saturated heterocycles. The van der Waals surface area contributed by atoms with E-state index in [1.165, 1.54) is 0 Å². The Labute approximate surface area is 81.4 Å². The first-order chi connectivity index (χ1) is 6.16. The number of hydrogen-bond acceptors (Lipinski definition) is 3. The molecule has 1 unspecified atom stereocenters. The molecule has 0 radical (unpaired) electrons. The molecule has 0 aromatic carbocycles. The molecular weight excluding hydrogens is 187 g/mol. The van der Waals surface area contributed by atoms with E-state index in [9.17, 15) is 4.57 Å². The van der Waals surface area contributed by atoms with Gasteiger partial charge in [-0.05, 0) is 18.8 Å². The summed E-state index contributed by atoms with van der Waals surface area (Å²) in [5.41, 5.74) is 0. The van der Waals surface area contributed by atoms with Crippen LogP contribution in [0.3, 0.4) is 0 Å². The zero-order valence-electron chi connectivity index (χ0n) is 8.58. The third-order valence-electron chi connectivity index (χ3n) is 1.62. The van der Waals surface area contributed by atoms with Gasteiger partial charge in [0.1, 0.15) is 0 Å². The number of aliphatic hydroxyl groups excluding tert-OH is 1. The molecule has 0 aliphatic heterocycles. The van der Waals surface area contributed by atoms with Crippen LogP contribution in [-0.4, -0.2) is 24.5 Å². The predicted octanol–water partition coefficient (Wildman–Crippen LogP) is 2.30. The molecule has 0 fully saturated rings. The van der Waals surface area contributed by atoms with E-state index in [-0.39, 0.29) is 6.61 Å². The van der Waals surface area contributed by atoms with Crippen molar-refractivity contribution >= 4 is 8.03 Å². The van der Waals surface area contributed by atoms with Gasteiger partial charge in [0, 0.05) is 12.8 Å². The van der Waals surface area contributed by atoms with E-state index < -0.39 is 8.03 Å². The molecule has 0 aromatic heterocycles. The van der Waals surface area contributed by atoms with Crippen molar-refractivity contribution in [2.24, 2.45) is 5.92 Å². The predicted molar refractivity (Wildman–Crippen MR) is 55.6 cm³/mol. The van der Waals surface area contributed by atoms with Gasteiger partial charge in [0.25, 0.3) is 0 Å². The van der Waals surface area contributed by atoms with Crippen LogP contribution in [0, 0.1) is 5.92 Å². The molecule has 1 atom stereocenters. The summed E-state index contributed by atoms with van der Waals surface area (Å²) in [7, 11) is -1.80. The standard InChI is InChI=1S/C9H21O3P/c1-9(2)8-12-13(11)7-5-3-4-6-10/h9-10,13H,3-8H2,1-2H3. The summed E-state index contributed by atoms with van der Waals surface area (Å²) >= 11 is 0. The number of unbranched alkanes of at least 4 members (excludes halogenated alkanes) is 2. The third-order valence-corrected chi connectivity index (χ3v) is 2.87. The molecule has 0 aromatic rings. The fourth-order valence-electron chi connectivity index (χ4n) is 0.890. The van der Waals surface area contributed by atoms with Crippen molar-refractivity contribution in [1.29, 1.82) is 0 Å². The van der Waals surface area contributed by atoms with E-state index in [2.05, 4.69) is 0 Å². The molecule has 0 amide bonds. The van der Waals surface area contributed by atoms with Gasteiger partial charge in [-0.1, -0.05) is 20.3 Å². The highest BCUT2D eigenvalue weighted by molar-refractivity contribution is 7.39. The Balaban J connectivity index is 3.20. The minimum atomic E-state index is -1.80. The maximum atomic E-state index is 11.2. The van der Waals surface area contributed by atoms with Crippen molar-refractivity contribution in [3.63, 3.8) is 0 Å². The number of hydrogen-bond donors (Lipinski definition) is 1. The maximum Gasteiger partial charge on any atom is 0.191 e. The average molecular weight is 208 g/mol. The van der Waals surface area contributed by atoms with Crippen LogP contribution >= 0.6 is 8.03 Å². The van der Waals surface area contributed by atoms with Crippen molar-refractivity contribution < 1.29 is 14.2 Å². The Kier molecular flexibility index (Phi) is 8.84. The van der Waals surface area contributed by atoms with E-state index in [4.69, 9.17) is 9.63 Å². The Morgan fingerprint density at radius 2 is 2.00 bits per heavy atom. The van der Waals surface area contributed by atoms with Crippen LogP contribution in [0.1, 0.15) is 33.1 Å². The van der Waals surface area contributed by atoms with Gasteiger partial charge in [-0.15, -0.1) is 0 Å². The van der Waals surface area contributed by atoms with Crippen molar-refractivity contribution in [1.82, 2.24) is 0 Å². The Hall–Kier alpha value is 0.150. The smallest absolute Gasteiger partial charge is 0.191 e. The molecule has 0 aliphatic carbocycles. The molecular formula is C9H21O3P. The molecule has 0 aliphatic rings. The molecule has 0 bridgehead atoms. The second-order valence-electron chi connectivity index (χ2n) is 3.61. The van der Waals surface area contributed by atoms with E-state index >= 15 is 0 Å². The highest BCUT2D eigenvalue weighted by Crippen LogP contribution is 2.24. The van der Waals surface area contributed by atoms with Crippen LogP contribution in [-0.2, 0) is 9.09 Å². The minimum absolute atomic E-state index is 0.230. The van der Waals surface area contributed by atoms with Crippen molar-refractivity contribution in [3.05, 3.63) is 0 Å². The summed E-state index contributed by atoms with van der Waals surface area (Å²) in [4.78, 5) is 0.